The molecule has 5 heteroatoms. The van der Waals surface area contributed by atoms with Crippen LogP contribution in [0.25, 0.3) is 0 Å². The first kappa shape index (κ1) is 13.7. The lowest BCUT2D eigenvalue weighted by Crippen LogP contribution is -2.38. The van der Waals surface area contributed by atoms with Crippen molar-refractivity contribution in [2.24, 2.45) is 0 Å². The van der Waals surface area contributed by atoms with Crippen molar-refractivity contribution in [1.29, 1.82) is 0 Å². The van der Waals surface area contributed by atoms with E-state index in [9.17, 15) is 4.79 Å². The monoisotopic (exact) mass is 285 g/mol. The van der Waals surface area contributed by atoms with E-state index in [1.165, 1.54) is 0 Å². The summed E-state index contributed by atoms with van der Waals surface area (Å²) in [6, 6.07) is 5.97. The molecule has 0 fully saturated rings. The molecule has 0 saturated heterocycles. The van der Waals surface area contributed by atoms with E-state index in [0.717, 1.165) is 34.6 Å². The van der Waals surface area contributed by atoms with Crippen LogP contribution >= 0.6 is 0 Å². The quantitative estimate of drug-likeness (QED) is 0.938. The van der Waals surface area contributed by atoms with Crippen molar-refractivity contribution in [2.45, 2.75) is 26.8 Å². The molecule has 1 aliphatic rings. The number of carbonyl (C=O) groups excluding carboxylic acids is 1. The van der Waals surface area contributed by atoms with Gasteiger partial charge in [-0.15, -0.1) is 0 Å². The highest BCUT2D eigenvalue weighted by atomic mass is 16.5. The number of aryl methyl sites for hydroxylation is 2. The minimum absolute atomic E-state index is 0.0181. The number of H-pyrrole nitrogens is 1. The average Bonchev–Trinajstić information content (AvgIpc) is 2.93. The summed E-state index contributed by atoms with van der Waals surface area (Å²) in [6.07, 6.45) is 2.62. The summed E-state index contributed by atoms with van der Waals surface area (Å²) in [6.45, 7) is 5.39. The molecule has 0 saturated carbocycles. The second-order valence-electron chi connectivity index (χ2n) is 5.45. The van der Waals surface area contributed by atoms with Crippen molar-refractivity contribution in [3.05, 3.63) is 46.8 Å². The van der Waals surface area contributed by atoms with Crippen molar-refractivity contribution in [3.8, 4) is 5.75 Å². The SMILES string of the molecule is Cc1cccc(C)c1OCC(=O)N1CCc2[nH]ncc2C1. The van der Waals surface area contributed by atoms with Crippen LogP contribution in [0.3, 0.4) is 0 Å². The smallest absolute Gasteiger partial charge is 0.260 e. The maximum absolute atomic E-state index is 12.3. The number of carbonyl (C=O) groups is 1. The zero-order valence-corrected chi connectivity index (χ0v) is 12.3. The maximum Gasteiger partial charge on any atom is 0.260 e. The molecule has 2 aromatic rings. The van der Waals surface area contributed by atoms with Gasteiger partial charge >= 0.3 is 0 Å². The summed E-state index contributed by atoms with van der Waals surface area (Å²) in [5, 5.41) is 6.99. The third-order valence-electron chi connectivity index (χ3n) is 3.90. The topological polar surface area (TPSA) is 58.2 Å². The number of nitrogens with one attached hydrogen (secondary N) is 1. The van der Waals surface area contributed by atoms with Gasteiger partial charge in [0.2, 0.25) is 0 Å². The van der Waals surface area contributed by atoms with Gasteiger partial charge in [0.15, 0.2) is 6.61 Å². The Balaban J connectivity index is 1.63. The van der Waals surface area contributed by atoms with Crippen LogP contribution in [-0.2, 0) is 17.8 Å². The van der Waals surface area contributed by atoms with Crippen LogP contribution in [0.5, 0.6) is 5.75 Å². The van der Waals surface area contributed by atoms with Crippen molar-refractivity contribution in [1.82, 2.24) is 15.1 Å². The summed E-state index contributed by atoms with van der Waals surface area (Å²) < 4.78 is 5.74. The number of ether oxygens (including phenoxy) is 1. The van der Waals surface area contributed by atoms with Gasteiger partial charge in [-0.25, -0.2) is 0 Å². The van der Waals surface area contributed by atoms with Crippen LogP contribution in [-0.4, -0.2) is 34.2 Å². The highest BCUT2D eigenvalue weighted by molar-refractivity contribution is 5.78. The lowest BCUT2D eigenvalue weighted by molar-refractivity contribution is -0.134. The van der Waals surface area contributed by atoms with E-state index in [-0.39, 0.29) is 12.5 Å². The molecule has 0 radical (unpaired) electrons. The fourth-order valence-electron chi connectivity index (χ4n) is 2.69. The molecule has 2 heterocycles. The van der Waals surface area contributed by atoms with Gasteiger partial charge in [-0.05, 0) is 25.0 Å². The van der Waals surface area contributed by atoms with Crippen molar-refractivity contribution >= 4 is 5.91 Å². The van der Waals surface area contributed by atoms with E-state index in [4.69, 9.17) is 4.74 Å². The second kappa shape index (κ2) is 5.60. The third kappa shape index (κ3) is 2.77. The van der Waals surface area contributed by atoms with Crippen LogP contribution in [0.15, 0.2) is 24.4 Å². The fraction of sp³-hybridized carbons (Fsp3) is 0.375. The van der Waals surface area contributed by atoms with E-state index in [2.05, 4.69) is 10.2 Å². The summed E-state index contributed by atoms with van der Waals surface area (Å²) in [5.74, 6) is 0.830. The summed E-state index contributed by atoms with van der Waals surface area (Å²) in [7, 11) is 0. The zero-order valence-electron chi connectivity index (χ0n) is 12.3. The number of aromatic amines is 1. The Morgan fingerprint density at radius 2 is 2.14 bits per heavy atom. The van der Waals surface area contributed by atoms with Crippen molar-refractivity contribution in [3.63, 3.8) is 0 Å². The van der Waals surface area contributed by atoms with Gasteiger partial charge in [0.05, 0.1) is 6.20 Å². The zero-order chi connectivity index (χ0) is 14.8. The maximum atomic E-state index is 12.3. The molecule has 3 rings (SSSR count). The van der Waals surface area contributed by atoms with Crippen LogP contribution in [0.1, 0.15) is 22.4 Å². The van der Waals surface area contributed by atoms with Gasteiger partial charge in [0, 0.05) is 30.8 Å². The predicted octanol–water partition coefficient (Wildman–Crippen LogP) is 1.99. The number of hydrogen-bond acceptors (Lipinski definition) is 3. The fourth-order valence-corrected chi connectivity index (χ4v) is 2.69. The normalized spacial score (nSPS) is 13.9. The second-order valence-corrected chi connectivity index (χ2v) is 5.45. The number of nitrogens with zero attached hydrogens (tertiary/aromatic N) is 2. The standard InChI is InChI=1S/C16H19N3O2/c1-11-4-3-5-12(2)16(11)21-10-15(20)19-7-6-14-13(9-19)8-17-18-14/h3-5,8H,6-7,9-10H2,1-2H3,(H,17,18). The number of amides is 1. The van der Waals surface area contributed by atoms with Gasteiger partial charge in [0.25, 0.3) is 5.91 Å². The van der Waals surface area contributed by atoms with Crippen LogP contribution in [0.4, 0.5) is 0 Å². The first-order valence-corrected chi connectivity index (χ1v) is 7.13. The Hall–Kier alpha value is -2.30. The number of para-hydroxylation sites is 1. The largest absolute Gasteiger partial charge is 0.483 e. The molecule has 5 nitrogen and oxygen atoms in total. The molecule has 1 aromatic carbocycles. The lowest BCUT2D eigenvalue weighted by Gasteiger charge is -2.26. The summed E-state index contributed by atoms with van der Waals surface area (Å²) in [5.41, 5.74) is 4.34. The van der Waals surface area contributed by atoms with E-state index in [1.807, 2.05) is 36.9 Å². The summed E-state index contributed by atoms with van der Waals surface area (Å²) in [4.78, 5) is 14.1. The van der Waals surface area contributed by atoms with E-state index < -0.39 is 0 Å². The first-order chi connectivity index (χ1) is 10.1. The molecule has 1 aromatic heterocycles. The van der Waals surface area contributed by atoms with Crippen LogP contribution in [0.2, 0.25) is 0 Å². The van der Waals surface area contributed by atoms with Gasteiger partial charge in [-0.3, -0.25) is 9.89 Å². The highest BCUT2D eigenvalue weighted by Gasteiger charge is 2.22. The molecule has 1 amide bonds. The molecular formula is C16H19N3O2. The lowest BCUT2D eigenvalue weighted by atomic mass is 10.1. The Labute approximate surface area is 123 Å². The van der Waals surface area contributed by atoms with Crippen LogP contribution < -0.4 is 4.74 Å². The predicted molar refractivity (Wildman–Crippen MR) is 79.1 cm³/mol. The molecule has 110 valence electrons. The average molecular weight is 285 g/mol. The van der Waals surface area contributed by atoms with E-state index in [0.29, 0.717) is 13.1 Å². The van der Waals surface area contributed by atoms with Gasteiger partial charge in [0.1, 0.15) is 5.75 Å². The van der Waals surface area contributed by atoms with Crippen molar-refractivity contribution < 1.29 is 9.53 Å². The first-order valence-electron chi connectivity index (χ1n) is 7.13. The van der Waals surface area contributed by atoms with E-state index >= 15 is 0 Å². The van der Waals surface area contributed by atoms with E-state index in [1.54, 1.807) is 6.20 Å². The Morgan fingerprint density at radius 1 is 1.38 bits per heavy atom. The number of aromatic nitrogens is 2. The molecule has 21 heavy (non-hydrogen) atoms. The highest BCUT2D eigenvalue weighted by Crippen LogP contribution is 2.22. The van der Waals surface area contributed by atoms with Crippen molar-refractivity contribution in [2.75, 3.05) is 13.2 Å². The molecule has 1 aliphatic heterocycles. The number of fused-ring (bicyclic) bond motifs is 1. The van der Waals surface area contributed by atoms with Gasteiger partial charge in [-0.2, -0.15) is 5.10 Å². The Bertz CT molecular complexity index is 643. The molecule has 0 unspecified atom stereocenters. The van der Waals surface area contributed by atoms with Gasteiger partial charge in [-0.1, -0.05) is 18.2 Å². The molecule has 0 spiro atoms. The third-order valence-corrected chi connectivity index (χ3v) is 3.90. The Morgan fingerprint density at radius 3 is 2.90 bits per heavy atom. The molecule has 1 N–H and O–H groups in total. The molecular weight excluding hydrogens is 266 g/mol. The molecule has 0 aliphatic carbocycles. The van der Waals surface area contributed by atoms with Crippen LogP contribution in [0, 0.1) is 13.8 Å². The number of hydrogen-bond donors (Lipinski definition) is 1. The minimum atomic E-state index is 0.0181. The summed E-state index contributed by atoms with van der Waals surface area (Å²) >= 11 is 0. The Kier molecular flexibility index (Phi) is 3.64. The molecule has 0 atom stereocenters. The number of rotatable bonds is 3. The number of benzene rings is 1. The minimum Gasteiger partial charge on any atom is -0.483 e. The van der Waals surface area contributed by atoms with Gasteiger partial charge < -0.3 is 9.64 Å². The molecule has 0 bridgehead atoms.